The summed E-state index contributed by atoms with van der Waals surface area (Å²) in [6, 6.07) is 3.68. The van der Waals surface area contributed by atoms with Gasteiger partial charge in [0, 0.05) is 31.5 Å². The molecule has 0 aromatic carbocycles. The van der Waals surface area contributed by atoms with Crippen LogP contribution in [0.5, 0.6) is 0 Å². The van der Waals surface area contributed by atoms with Gasteiger partial charge in [0.05, 0.1) is 5.60 Å². The van der Waals surface area contributed by atoms with Crippen LogP contribution in [0, 0.1) is 0 Å². The molecule has 0 amide bonds. The van der Waals surface area contributed by atoms with Gasteiger partial charge in [0.2, 0.25) is 0 Å². The van der Waals surface area contributed by atoms with Crippen molar-refractivity contribution in [1.82, 2.24) is 4.57 Å². The Morgan fingerprint density at radius 3 is 2.47 bits per heavy atom. The summed E-state index contributed by atoms with van der Waals surface area (Å²) < 4.78 is 6.80. The zero-order chi connectivity index (χ0) is 14.6. The van der Waals surface area contributed by atoms with Crippen LogP contribution in [0.2, 0.25) is 0 Å². The van der Waals surface area contributed by atoms with Crippen LogP contribution in [-0.2, 0) is 16.9 Å². The zero-order valence-corrected chi connectivity index (χ0v) is 12.6. The minimum atomic E-state index is -1.12. The lowest BCUT2D eigenvalue weighted by molar-refractivity contribution is 0.0763. The third kappa shape index (κ3) is 3.91. The molecule has 0 bridgehead atoms. The SMILES string of the molecule is COCCCn1c(C(C)C)ccc(C(C)(C)O)c1=O. The highest BCUT2D eigenvalue weighted by Gasteiger charge is 2.22. The topological polar surface area (TPSA) is 51.5 Å². The summed E-state index contributed by atoms with van der Waals surface area (Å²) in [5, 5.41) is 10.1. The Labute approximate surface area is 115 Å². The molecular weight excluding hydrogens is 242 g/mol. The Morgan fingerprint density at radius 1 is 1.37 bits per heavy atom. The fourth-order valence-corrected chi connectivity index (χ4v) is 2.16. The summed E-state index contributed by atoms with van der Waals surface area (Å²) >= 11 is 0. The Balaban J connectivity index is 3.24. The fraction of sp³-hybridized carbons (Fsp3) is 0.667. The van der Waals surface area contributed by atoms with Crippen molar-refractivity contribution in [1.29, 1.82) is 0 Å². The average molecular weight is 267 g/mol. The molecule has 0 fully saturated rings. The largest absolute Gasteiger partial charge is 0.386 e. The van der Waals surface area contributed by atoms with Gasteiger partial charge in [0.25, 0.3) is 5.56 Å². The van der Waals surface area contributed by atoms with Crippen molar-refractivity contribution in [3.63, 3.8) is 0 Å². The van der Waals surface area contributed by atoms with E-state index in [-0.39, 0.29) is 11.5 Å². The van der Waals surface area contributed by atoms with E-state index >= 15 is 0 Å². The highest BCUT2D eigenvalue weighted by atomic mass is 16.5. The van der Waals surface area contributed by atoms with Crippen molar-refractivity contribution in [2.75, 3.05) is 13.7 Å². The zero-order valence-electron chi connectivity index (χ0n) is 12.6. The Morgan fingerprint density at radius 2 is 2.00 bits per heavy atom. The highest BCUT2D eigenvalue weighted by molar-refractivity contribution is 5.22. The van der Waals surface area contributed by atoms with Gasteiger partial charge in [0.15, 0.2) is 0 Å². The van der Waals surface area contributed by atoms with Crippen LogP contribution in [0.3, 0.4) is 0 Å². The number of aliphatic hydroxyl groups is 1. The molecule has 19 heavy (non-hydrogen) atoms. The van der Waals surface area contributed by atoms with Crippen molar-refractivity contribution in [3.05, 3.63) is 33.7 Å². The van der Waals surface area contributed by atoms with Gasteiger partial charge in [-0.1, -0.05) is 13.8 Å². The first-order valence-corrected chi connectivity index (χ1v) is 6.74. The number of nitrogens with zero attached hydrogens (tertiary/aromatic N) is 1. The first kappa shape index (κ1) is 15.9. The minimum Gasteiger partial charge on any atom is -0.386 e. The molecule has 4 nitrogen and oxygen atoms in total. The van der Waals surface area contributed by atoms with E-state index < -0.39 is 5.60 Å². The van der Waals surface area contributed by atoms with E-state index in [1.807, 2.05) is 6.07 Å². The van der Waals surface area contributed by atoms with E-state index in [9.17, 15) is 9.90 Å². The molecule has 0 saturated heterocycles. The van der Waals surface area contributed by atoms with Gasteiger partial charge in [0.1, 0.15) is 0 Å². The molecule has 108 valence electrons. The summed E-state index contributed by atoms with van der Waals surface area (Å²) in [4.78, 5) is 12.5. The van der Waals surface area contributed by atoms with Gasteiger partial charge in [-0.15, -0.1) is 0 Å². The number of hydrogen-bond acceptors (Lipinski definition) is 3. The summed E-state index contributed by atoms with van der Waals surface area (Å²) in [7, 11) is 1.65. The monoisotopic (exact) mass is 267 g/mol. The van der Waals surface area contributed by atoms with Crippen LogP contribution in [0.4, 0.5) is 0 Å². The van der Waals surface area contributed by atoms with Crippen LogP contribution in [0.1, 0.15) is 51.3 Å². The van der Waals surface area contributed by atoms with E-state index in [0.29, 0.717) is 18.7 Å². The molecule has 0 radical (unpaired) electrons. The molecule has 1 heterocycles. The van der Waals surface area contributed by atoms with Gasteiger partial charge in [-0.2, -0.15) is 0 Å². The van der Waals surface area contributed by atoms with E-state index in [2.05, 4.69) is 13.8 Å². The number of methoxy groups -OCH3 is 1. The molecule has 0 aliphatic rings. The van der Waals surface area contributed by atoms with Crippen molar-refractivity contribution in [2.45, 2.75) is 52.2 Å². The van der Waals surface area contributed by atoms with Gasteiger partial charge in [-0.25, -0.2) is 0 Å². The minimum absolute atomic E-state index is 0.102. The lowest BCUT2D eigenvalue weighted by atomic mass is 9.98. The van der Waals surface area contributed by atoms with Crippen LogP contribution < -0.4 is 5.56 Å². The number of ether oxygens (including phenoxy) is 1. The Bertz CT molecular complexity index is 469. The first-order valence-electron chi connectivity index (χ1n) is 6.74. The Hall–Kier alpha value is -1.13. The van der Waals surface area contributed by atoms with Crippen LogP contribution in [0.25, 0.3) is 0 Å². The third-order valence-corrected chi connectivity index (χ3v) is 3.19. The summed E-state index contributed by atoms with van der Waals surface area (Å²) in [6.45, 7) is 8.63. The second-order valence-electron chi connectivity index (χ2n) is 5.69. The maximum absolute atomic E-state index is 12.5. The van der Waals surface area contributed by atoms with Crippen molar-refractivity contribution in [2.24, 2.45) is 0 Å². The molecule has 1 aromatic rings. The lowest BCUT2D eigenvalue weighted by Crippen LogP contribution is -2.34. The second-order valence-corrected chi connectivity index (χ2v) is 5.69. The fourth-order valence-electron chi connectivity index (χ4n) is 2.16. The molecule has 1 N–H and O–H groups in total. The lowest BCUT2D eigenvalue weighted by Gasteiger charge is -2.22. The molecule has 0 aliphatic carbocycles. The maximum atomic E-state index is 12.5. The molecule has 0 spiro atoms. The smallest absolute Gasteiger partial charge is 0.256 e. The second kappa shape index (κ2) is 6.35. The van der Waals surface area contributed by atoms with Gasteiger partial charge >= 0.3 is 0 Å². The molecule has 0 unspecified atom stereocenters. The molecule has 0 aliphatic heterocycles. The Kier molecular flexibility index (Phi) is 5.32. The molecule has 1 rings (SSSR count). The summed E-state index contributed by atoms with van der Waals surface area (Å²) in [6.07, 6.45) is 0.783. The number of aromatic nitrogens is 1. The van der Waals surface area contributed by atoms with Crippen molar-refractivity contribution >= 4 is 0 Å². The van der Waals surface area contributed by atoms with Gasteiger partial charge in [-0.3, -0.25) is 4.79 Å². The molecular formula is C15H25NO3. The molecule has 4 heteroatoms. The van der Waals surface area contributed by atoms with Crippen LogP contribution in [0.15, 0.2) is 16.9 Å². The number of rotatable bonds is 6. The van der Waals surface area contributed by atoms with E-state index in [1.165, 1.54) is 0 Å². The quantitative estimate of drug-likeness (QED) is 0.804. The van der Waals surface area contributed by atoms with E-state index in [0.717, 1.165) is 12.1 Å². The van der Waals surface area contributed by atoms with Crippen LogP contribution in [-0.4, -0.2) is 23.4 Å². The highest BCUT2D eigenvalue weighted by Crippen LogP contribution is 2.19. The first-order chi connectivity index (χ1) is 8.79. The van der Waals surface area contributed by atoms with Gasteiger partial charge in [-0.05, 0) is 38.3 Å². The van der Waals surface area contributed by atoms with Crippen LogP contribution >= 0.6 is 0 Å². The predicted octanol–water partition coefficient (Wildman–Crippen LogP) is 2.24. The molecule has 0 atom stereocenters. The summed E-state index contributed by atoms with van der Waals surface area (Å²) in [5.74, 6) is 0.270. The predicted molar refractivity (Wildman–Crippen MR) is 76.5 cm³/mol. The number of hydrogen-bond donors (Lipinski definition) is 1. The van der Waals surface area contributed by atoms with Crippen molar-refractivity contribution in [3.8, 4) is 0 Å². The summed E-state index contributed by atoms with van der Waals surface area (Å²) in [5.41, 5.74) is 0.216. The molecule has 0 saturated carbocycles. The standard InChI is InChI=1S/C15H25NO3/c1-11(2)13-8-7-12(15(3,4)18)14(17)16(13)9-6-10-19-5/h7-8,11,18H,6,9-10H2,1-5H3. The normalized spacial score (nSPS) is 12.2. The molecule has 1 aromatic heterocycles. The van der Waals surface area contributed by atoms with E-state index in [1.54, 1.807) is 31.6 Å². The number of pyridine rings is 1. The van der Waals surface area contributed by atoms with Crippen molar-refractivity contribution < 1.29 is 9.84 Å². The third-order valence-electron chi connectivity index (χ3n) is 3.19. The van der Waals surface area contributed by atoms with Gasteiger partial charge < -0.3 is 14.4 Å². The average Bonchev–Trinajstić information content (AvgIpc) is 2.29. The van der Waals surface area contributed by atoms with E-state index in [4.69, 9.17) is 4.74 Å². The maximum Gasteiger partial charge on any atom is 0.256 e.